The maximum absolute atomic E-state index is 12.2. The zero-order valence-corrected chi connectivity index (χ0v) is 18.7. The normalized spacial score (nSPS) is 28.3. The number of hydrogen-bond donors (Lipinski definition) is 1. The molecule has 3 atom stereocenters. The molecule has 0 amide bonds. The highest BCUT2D eigenvalue weighted by Gasteiger charge is 2.55. The Morgan fingerprint density at radius 1 is 1.37 bits per heavy atom. The van der Waals surface area contributed by atoms with Crippen LogP contribution in [-0.2, 0) is 21.4 Å². The lowest BCUT2D eigenvalue weighted by atomic mass is 9.52. The Morgan fingerprint density at radius 2 is 2.17 bits per heavy atom. The van der Waals surface area contributed by atoms with Crippen LogP contribution in [-0.4, -0.2) is 49.3 Å². The fraction of sp³-hybridized carbons (Fsp3) is 0.640. The number of methoxy groups -OCH3 is 1. The first-order valence-corrected chi connectivity index (χ1v) is 11.4. The maximum Gasteiger partial charge on any atom is 0.330 e. The van der Waals surface area contributed by atoms with Gasteiger partial charge in [0.2, 0.25) is 0 Å². The van der Waals surface area contributed by atoms with Gasteiger partial charge in [0.25, 0.3) is 0 Å². The molecule has 1 N–H and O–H groups in total. The minimum atomic E-state index is -0.327. The van der Waals surface area contributed by atoms with Crippen LogP contribution in [0.5, 0.6) is 11.5 Å². The predicted octanol–water partition coefficient (Wildman–Crippen LogP) is 4.30. The van der Waals surface area contributed by atoms with Gasteiger partial charge in [-0.15, -0.1) is 0 Å². The Hall–Kier alpha value is -2.01. The van der Waals surface area contributed by atoms with E-state index in [1.54, 1.807) is 7.11 Å². The van der Waals surface area contributed by atoms with E-state index in [-0.39, 0.29) is 11.4 Å². The molecule has 0 aromatic heterocycles. The van der Waals surface area contributed by atoms with E-state index in [0.717, 1.165) is 36.9 Å². The number of rotatable bonds is 5. The molecule has 2 fully saturated rings. The number of hydrogen-bond acceptors (Lipinski definition) is 5. The second-order valence-corrected chi connectivity index (χ2v) is 9.74. The molecule has 5 nitrogen and oxygen atoms in total. The molecule has 5 heteroatoms. The van der Waals surface area contributed by atoms with Gasteiger partial charge in [0, 0.05) is 23.1 Å². The molecular formula is C25H35NO4. The number of benzene rings is 1. The Bertz CT molecular complexity index is 846. The molecule has 1 saturated heterocycles. The van der Waals surface area contributed by atoms with E-state index in [2.05, 4.69) is 11.9 Å². The van der Waals surface area contributed by atoms with Gasteiger partial charge in [0.05, 0.1) is 13.7 Å². The van der Waals surface area contributed by atoms with Crippen LogP contribution < -0.4 is 4.74 Å². The van der Waals surface area contributed by atoms with Crippen molar-refractivity contribution in [1.82, 2.24) is 4.90 Å². The number of fused-ring (bicyclic) bond motifs is 1. The highest BCUT2D eigenvalue weighted by molar-refractivity contribution is 5.88. The average Bonchev–Trinajstić information content (AvgIpc) is 2.73. The Labute approximate surface area is 180 Å². The number of piperidine rings is 1. The van der Waals surface area contributed by atoms with E-state index in [9.17, 15) is 9.90 Å². The van der Waals surface area contributed by atoms with Gasteiger partial charge < -0.3 is 19.5 Å². The monoisotopic (exact) mass is 413 g/mol. The summed E-state index contributed by atoms with van der Waals surface area (Å²) in [5.41, 5.74) is 3.24. The molecule has 1 saturated carbocycles. The summed E-state index contributed by atoms with van der Waals surface area (Å²) in [5.74, 6) is 1.36. The summed E-state index contributed by atoms with van der Waals surface area (Å²) in [6.45, 7) is 5.52. The van der Waals surface area contributed by atoms with Crippen molar-refractivity contribution >= 4 is 12.0 Å². The van der Waals surface area contributed by atoms with E-state index in [1.165, 1.54) is 30.9 Å². The number of esters is 1. The standard InChI is InChI=1S/C25H35NO4/c1-16(2)15-30-22(27)9-8-17-13-21(29-4)24(28)23-18(17)14-20-19-7-5-6-10-25(19,23)11-12-26(20)3/h8-9,13,16,19-20,28H,5-7,10-12,14-15H2,1-4H3/b9-8+. The van der Waals surface area contributed by atoms with E-state index >= 15 is 0 Å². The number of ether oxygens (including phenoxy) is 2. The lowest BCUT2D eigenvalue weighted by Gasteiger charge is -2.58. The van der Waals surface area contributed by atoms with Gasteiger partial charge in [-0.1, -0.05) is 26.7 Å². The summed E-state index contributed by atoms with van der Waals surface area (Å²) in [6.07, 6.45) is 10.1. The van der Waals surface area contributed by atoms with Gasteiger partial charge in [0.15, 0.2) is 11.5 Å². The molecule has 3 unspecified atom stereocenters. The highest BCUT2D eigenvalue weighted by Crippen LogP contribution is 2.59. The summed E-state index contributed by atoms with van der Waals surface area (Å²) >= 11 is 0. The van der Waals surface area contributed by atoms with E-state index in [4.69, 9.17) is 9.47 Å². The van der Waals surface area contributed by atoms with Crippen LogP contribution in [0.2, 0.25) is 0 Å². The van der Waals surface area contributed by atoms with Crippen LogP contribution in [0.15, 0.2) is 12.1 Å². The minimum Gasteiger partial charge on any atom is -0.504 e. The van der Waals surface area contributed by atoms with Crippen molar-refractivity contribution < 1.29 is 19.4 Å². The third kappa shape index (κ3) is 3.51. The number of likely N-dealkylation sites (tertiary alicyclic amines) is 1. The molecule has 30 heavy (non-hydrogen) atoms. The van der Waals surface area contributed by atoms with Crippen molar-refractivity contribution in [3.63, 3.8) is 0 Å². The largest absolute Gasteiger partial charge is 0.504 e. The average molecular weight is 414 g/mol. The third-order valence-corrected chi connectivity index (χ3v) is 7.54. The first-order chi connectivity index (χ1) is 14.4. The van der Waals surface area contributed by atoms with Crippen LogP contribution in [0.3, 0.4) is 0 Å². The quantitative estimate of drug-likeness (QED) is 0.576. The van der Waals surface area contributed by atoms with Crippen LogP contribution in [0, 0.1) is 11.8 Å². The molecule has 4 rings (SSSR count). The molecule has 0 radical (unpaired) electrons. The van der Waals surface area contributed by atoms with Gasteiger partial charge in [-0.25, -0.2) is 4.79 Å². The topological polar surface area (TPSA) is 59.0 Å². The summed E-state index contributed by atoms with van der Waals surface area (Å²) in [5, 5.41) is 11.2. The number of likely N-dealkylation sites (N-methyl/N-ethyl adjacent to an activating group) is 1. The van der Waals surface area contributed by atoms with Crippen molar-refractivity contribution in [3.8, 4) is 11.5 Å². The van der Waals surface area contributed by atoms with E-state index < -0.39 is 0 Å². The van der Waals surface area contributed by atoms with E-state index in [1.807, 2.05) is 26.0 Å². The fourth-order valence-electron chi connectivity index (χ4n) is 6.15. The number of aromatic hydroxyl groups is 1. The lowest BCUT2D eigenvalue weighted by Crippen LogP contribution is -2.60. The summed E-state index contributed by atoms with van der Waals surface area (Å²) in [7, 11) is 3.83. The Morgan fingerprint density at radius 3 is 2.90 bits per heavy atom. The molecule has 164 valence electrons. The zero-order valence-electron chi connectivity index (χ0n) is 18.7. The molecule has 1 aliphatic heterocycles. The Kier molecular flexibility index (Phi) is 5.84. The number of nitrogens with zero attached hydrogens (tertiary/aromatic N) is 1. The Balaban J connectivity index is 1.79. The van der Waals surface area contributed by atoms with Crippen molar-refractivity contribution in [2.24, 2.45) is 11.8 Å². The second-order valence-electron chi connectivity index (χ2n) is 9.74. The SMILES string of the molecule is COc1cc(/C=C/C(=O)OCC(C)C)c2c(c1O)C13CCCCC1C(C2)N(C)CC3. The predicted molar refractivity (Wildman–Crippen MR) is 118 cm³/mol. The summed E-state index contributed by atoms with van der Waals surface area (Å²) < 4.78 is 10.9. The van der Waals surface area contributed by atoms with Crippen molar-refractivity contribution in [3.05, 3.63) is 28.8 Å². The van der Waals surface area contributed by atoms with Crippen LogP contribution >= 0.6 is 0 Å². The molecule has 3 aliphatic rings. The number of carbonyl (C=O) groups excluding carboxylic acids is 1. The molecule has 2 aliphatic carbocycles. The summed E-state index contributed by atoms with van der Waals surface area (Å²) in [4.78, 5) is 14.7. The molecule has 2 bridgehead atoms. The van der Waals surface area contributed by atoms with Crippen LogP contribution in [0.25, 0.3) is 6.08 Å². The smallest absolute Gasteiger partial charge is 0.330 e. The first kappa shape index (κ1) is 21.2. The van der Waals surface area contributed by atoms with Crippen LogP contribution in [0.4, 0.5) is 0 Å². The van der Waals surface area contributed by atoms with Crippen LogP contribution in [0.1, 0.15) is 62.6 Å². The lowest BCUT2D eigenvalue weighted by molar-refractivity contribution is -0.138. The first-order valence-electron chi connectivity index (χ1n) is 11.4. The third-order valence-electron chi connectivity index (χ3n) is 7.54. The molecule has 1 aromatic rings. The van der Waals surface area contributed by atoms with Gasteiger partial charge in [0.1, 0.15) is 0 Å². The molecular weight excluding hydrogens is 378 g/mol. The van der Waals surface area contributed by atoms with Gasteiger partial charge >= 0.3 is 5.97 Å². The van der Waals surface area contributed by atoms with Crippen molar-refractivity contribution in [2.75, 3.05) is 27.3 Å². The van der Waals surface area contributed by atoms with Gasteiger partial charge in [-0.2, -0.15) is 0 Å². The van der Waals surface area contributed by atoms with E-state index in [0.29, 0.717) is 36.0 Å². The van der Waals surface area contributed by atoms with Crippen molar-refractivity contribution in [2.45, 2.75) is 63.8 Å². The zero-order chi connectivity index (χ0) is 21.5. The van der Waals surface area contributed by atoms with Gasteiger partial charge in [-0.3, -0.25) is 0 Å². The summed E-state index contributed by atoms with van der Waals surface area (Å²) in [6, 6.07) is 2.36. The maximum atomic E-state index is 12.2. The number of carbonyl (C=O) groups is 1. The molecule has 1 aromatic carbocycles. The number of phenols is 1. The van der Waals surface area contributed by atoms with Gasteiger partial charge in [-0.05, 0) is 74.4 Å². The number of phenolic OH excluding ortho intramolecular Hbond substituents is 1. The highest BCUT2D eigenvalue weighted by atomic mass is 16.5. The second kappa shape index (κ2) is 8.26. The fourth-order valence-corrected chi connectivity index (χ4v) is 6.15. The molecule has 0 spiro atoms. The van der Waals surface area contributed by atoms with Crippen molar-refractivity contribution in [1.29, 1.82) is 0 Å². The molecule has 1 heterocycles. The minimum absolute atomic E-state index is 0.0162.